The second-order valence-electron chi connectivity index (χ2n) is 2.61. The summed E-state index contributed by atoms with van der Waals surface area (Å²) in [7, 11) is 0. The normalized spacial score (nSPS) is 11.1. The summed E-state index contributed by atoms with van der Waals surface area (Å²) in [6, 6.07) is 0.762. The van der Waals surface area contributed by atoms with Gasteiger partial charge in [0, 0.05) is 16.6 Å². The van der Waals surface area contributed by atoms with E-state index in [1.165, 1.54) is 22.6 Å². The molecule has 0 radical (unpaired) electrons. The first-order valence-corrected chi connectivity index (χ1v) is 4.88. The molecule has 1 aromatic rings. The molecule has 0 atom stereocenters. The fourth-order valence-corrected chi connectivity index (χ4v) is 1.38. The summed E-state index contributed by atoms with van der Waals surface area (Å²) in [5, 5.41) is 10.4. The van der Waals surface area contributed by atoms with E-state index in [0.29, 0.717) is 0 Å². The molecule has 0 saturated heterocycles. The van der Waals surface area contributed by atoms with Crippen molar-refractivity contribution < 1.29 is 27.6 Å². The molecular weight excluding hydrogens is 360 g/mol. The van der Waals surface area contributed by atoms with Crippen LogP contribution in [-0.2, 0) is 0 Å². The molecule has 0 aromatic carbocycles. The Kier molecular flexibility index (Phi) is 3.85. The van der Waals surface area contributed by atoms with Crippen LogP contribution in [0.2, 0.25) is 0 Å². The Bertz CT molecular complexity index is 477. The van der Waals surface area contributed by atoms with Gasteiger partial charge < -0.3 is 14.9 Å². The number of aldehydes is 1. The largest absolute Gasteiger partial charge is 0.575 e. The molecule has 0 unspecified atom stereocenters. The van der Waals surface area contributed by atoms with Crippen molar-refractivity contribution in [2.45, 2.75) is 6.36 Å². The average Bonchev–Trinajstić information content (AvgIpc) is 2.18. The van der Waals surface area contributed by atoms with Crippen molar-refractivity contribution in [3.05, 3.63) is 25.3 Å². The number of ether oxygens (including phenoxy) is 1. The van der Waals surface area contributed by atoms with Gasteiger partial charge in [0.1, 0.15) is 3.57 Å². The Morgan fingerprint density at radius 3 is 2.53 bits per heavy atom. The van der Waals surface area contributed by atoms with Crippen LogP contribution in [0.4, 0.5) is 19.0 Å². The molecular formula is C7H2F3IN2O4. The summed E-state index contributed by atoms with van der Waals surface area (Å²) in [6.07, 6.45) is -4.86. The first-order valence-electron chi connectivity index (χ1n) is 3.80. The van der Waals surface area contributed by atoms with E-state index >= 15 is 0 Å². The zero-order valence-corrected chi connectivity index (χ0v) is 9.85. The molecule has 0 saturated carbocycles. The van der Waals surface area contributed by atoms with Crippen molar-refractivity contribution in [3.63, 3.8) is 0 Å². The predicted molar refractivity (Wildman–Crippen MR) is 55.7 cm³/mol. The van der Waals surface area contributed by atoms with Crippen LogP contribution >= 0.6 is 22.6 Å². The Morgan fingerprint density at radius 2 is 2.12 bits per heavy atom. The molecule has 1 heterocycles. The van der Waals surface area contributed by atoms with Crippen LogP contribution in [0.25, 0.3) is 0 Å². The third kappa shape index (κ3) is 3.51. The standard InChI is InChI=1S/C7H2F3IN2O4/c8-7(9,10)17-6-5(11)3(2-14)1-4(12-6)13(15)16/h1-2H. The lowest BCUT2D eigenvalue weighted by molar-refractivity contribution is -0.390. The molecule has 17 heavy (non-hydrogen) atoms. The van der Waals surface area contributed by atoms with Crippen molar-refractivity contribution in [2.24, 2.45) is 0 Å². The lowest BCUT2D eigenvalue weighted by Gasteiger charge is -2.07. The molecule has 0 aliphatic carbocycles. The van der Waals surface area contributed by atoms with Gasteiger partial charge in [-0.05, 0) is 27.5 Å². The predicted octanol–water partition coefficient (Wildman–Crippen LogP) is 2.31. The van der Waals surface area contributed by atoms with E-state index in [2.05, 4.69) is 9.72 Å². The fraction of sp³-hybridized carbons (Fsp3) is 0.143. The number of alkyl halides is 3. The zero-order valence-electron chi connectivity index (χ0n) is 7.69. The zero-order chi connectivity index (χ0) is 13.2. The number of pyridine rings is 1. The highest BCUT2D eigenvalue weighted by Gasteiger charge is 2.36. The highest BCUT2D eigenvalue weighted by molar-refractivity contribution is 14.1. The maximum Gasteiger partial charge on any atom is 0.575 e. The van der Waals surface area contributed by atoms with Gasteiger partial charge in [-0.2, -0.15) is 0 Å². The van der Waals surface area contributed by atoms with Crippen molar-refractivity contribution >= 4 is 34.7 Å². The van der Waals surface area contributed by atoms with Crippen LogP contribution in [-0.4, -0.2) is 22.6 Å². The molecule has 0 bridgehead atoms. The molecule has 92 valence electrons. The Morgan fingerprint density at radius 1 is 1.53 bits per heavy atom. The number of halogens is 4. The van der Waals surface area contributed by atoms with Gasteiger partial charge in [-0.25, -0.2) is 0 Å². The molecule has 0 aliphatic rings. The minimum absolute atomic E-state index is 0.180. The van der Waals surface area contributed by atoms with Crippen LogP contribution in [0.3, 0.4) is 0 Å². The summed E-state index contributed by atoms with van der Waals surface area (Å²) in [5.41, 5.74) is -0.299. The summed E-state index contributed by atoms with van der Waals surface area (Å²) in [6.45, 7) is 0. The van der Waals surface area contributed by atoms with Crippen molar-refractivity contribution in [3.8, 4) is 5.88 Å². The Balaban J connectivity index is 3.32. The van der Waals surface area contributed by atoms with Gasteiger partial charge in [-0.1, -0.05) is 0 Å². The second-order valence-corrected chi connectivity index (χ2v) is 3.69. The van der Waals surface area contributed by atoms with E-state index in [-0.39, 0.29) is 15.4 Å². The van der Waals surface area contributed by atoms with E-state index in [1.807, 2.05) is 0 Å². The van der Waals surface area contributed by atoms with E-state index in [0.717, 1.165) is 6.07 Å². The van der Waals surface area contributed by atoms with Gasteiger partial charge >= 0.3 is 18.1 Å². The third-order valence-electron chi connectivity index (χ3n) is 1.47. The quantitative estimate of drug-likeness (QED) is 0.357. The number of carbonyl (C=O) groups is 1. The van der Waals surface area contributed by atoms with Gasteiger partial charge in [0.2, 0.25) is 0 Å². The Labute approximate surface area is 105 Å². The minimum atomic E-state index is -5.04. The molecule has 0 N–H and O–H groups in total. The van der Waals surface area contributed by atoms with Gasteiger partial charge in [-0.3, -0.25) is 4.79 Å². The van der Waals surface area contributed by atoms with Gasteiger partial charge in [0.15, 0.2) is 6.29 Å². The molecule has 0 amide bonds. The van der Waals surface area contributed by atoms with Crippen LogP contribution in [0.5, 0.6) is 5.88 Å². The number of nitrogens with zero attached hydrogens (tertiary/aromatic N) is 2. The monoisotopic (exact) mass is 362 g/mol. The summed E-state index contributed by atoms with van der Waals surface area (Å²) < 4.78 is 39.1. The van der Waals surface area contributed by atoms with Crippen LogP contribution in [0, 0.1) is 13.7 Å². The molecule has 1 aromatic heterocycles. The summed E-state index contributed by atoms with van der Waals surface area (Å²) in [4.78, 5) is 23.0. The number of hydrogen-bond acceptors (Lipinski definition) is 5. The average molecular weight is 362 g/mol. The lowest BCUT2D eigenvalue weighted by Crippen LogP contribution is -2.19. The molecule has 6 nitrogen and oxygen atoms in total. The minimum Gasteiger partial charge on any atom is -0.366 e. The molecule has 0 aliphatic heterocycles. The molecule has 0 fully saturated rings. The maximum absolute atomic E-state index is 12.0. The number of hydrogen-bond donors (Lipinski definition) is 0. The lowest BCUT2D eigenvalue weighted by atomic mass is 10.3. The van der Waals surface area contributed by atoms with Gasteiger partial charge in [0.25, 0.3) is 0 Å². The number of nitro groups is 1. The van der Waals surface area contributed by atoms with E-state index in [4.69, 9.17) is 0 Å². The summed E-state index contributed by atoms with van der Waals surface area (Å²) >= 11 is 1.38. The fourth-order valence-electron chi connectivity index (χ4n) is 0.868. The second kappa shape index (κ2) is 4.81. The van der Waals surface area contributed by atoms with E-state index in [9.17, 15) is 28.1 Å². The number of rotatable bonds is 3. The van der Waals surface area contributed by atoms with Crippen molar-refractivity contribution in [1.29, 1.82) is 0 Å². The van der Waals surface area contributed by atoms with Crippen molar-refractivity contribution in [2.75, 3.05) is 0 Å². The highest BCUT2D eigenvalue weighted by Crippen LogP contribution is 2.29. The van der Waals surface area contributed by atoms with Crippen LogP contribution in [0.1, 0.15) is 10.4 Å². The van der Waals surface area contributed by atoms with Crippen LogP contribution < -0.4 is 4.74 Å². The number of carbonyl (C=O) groups excluding carboxylic acids is 1. The van der Waals surface area contributed by atoms with Gasteiger partial charge in [0.05, 0.1) is 0 Å². The first-order chi connectivity index (χ1) is 7.74. The maximum atomic E-state index is 12.0. The number of aromatic nitrogens is 1. The topological polar surface area (TPSA) is 82.3 Å². The Hall–Kier alpha value is -1.46. The highest BCUT2D eigenvalue weighted by atomic mass is 127. The molecule has 0 spiro atoms. The van der Waals surface area contributed by atoms with Crippen LogP contribution in [0.15, 0.2) is 6.07 Å². The van der Waals surface area contributed by atoms with E-state index < -0.39 is 23.0 Å². The van der Waals surface area contributed by atoms with Crippen molar-refractivity contribution in [1.82, 2.24) is 4.98 Å². The molecule has 1 rings (SSSR count). The SMILES string of the molecule is O=Cc1cc([N+](=O)[O-])nc(OC(F)(F)F)c1I. The smallest absolute Gasteiger partial charge is 0.366 e. The van der Waals surface area contributed by atoms with Gasteiger partial charge in [-0.15, -0.1) is 13.2 Å². The first kappa shape index (κ1) is 13.6. The molecule has 10 heteroatoms. The summed E-state index contributed by atoms with van der Waals surface area (Å²) in [5.74, 6) is -1.92. The third-order valence-corrected chi connectivity index (χ3v) is 2.55. The van der Waals surface area contributed by atoms with E-state index in [1.54, 1.807) is 0 Å².